The van der Waals surface area contributed by atoms with Gasteiger partial charge >= 0.3 is 0 Å². The Bertz CT molecular complexity index is 889. The van der Waals surface area contributed by atoms with Crippen LogP contribution in [-0.4, -0.2) is 72.3 Å². The molecule has 2 fully saturated rings. The van der Waals surface area contributed by atoms with Crippen molar-refractivity contribution in [2.24, 2.45) is 5.92 Å². The van der Waals surface area contributed by atoms with Crippen molar-refractivity contribution in [2.45, 2.75) is 102 Å². The van der Waals surface area contributed by atoms with Crippen molar-refractivity contribution in [3.8, 4) is 0 Å². The summed E-state index contributed by atoms with van der Waals surface area (Å²) in [5, 5.41) is 3.84. The molecule has 1 heterocycles. The molecule has 0 aromatic carbocycles. The maximum Gasteiger partial charge on any atom is 0.257 e. The molecule has 3 aliphatic carbocycles. The minimum absolute atomic E-state index is 0.115. The minimum atomic E-state index is -1.12. The Kier molecular flexibility index (Phi) is 9.24. The fourth-order valence-electron chi connectivity index (χ4n) is 5.86. The van der Waals surface area contributed by atoms with E-state index in [4.69, 9.17) is 4.74 Å². The highest BCUT2D eigenvalue weighted by Gasteiger charge is 2.35. The van der Waals surface area contributed by atoms with Gasteiger partial charge in [-0.05, 0) is 69.9 Å². The van der Waals surface area contributed by atoms with Crippen LogP contribution in [0.2, 0.25) is 0 Å². The number of halogens is 1. The Morgan fingerprint density at radius 2 is 2.00 bits per heavy atom. The van der Waals surface area contributed by atoms with Gasteiger partial charge in [0.2, 0.25) is 0 Å². The quantitative estimate of drug-likeness (QED) is 0.437. The van der Waals surface area contributed by atoms with E-state index in [1.807, 2.05) is 30.4 Å². The molecule has 4 atom stereocenters. The van der Waals surface area contributed by atoms with E-state index in [0.29, 0.717) is 29.8 Å². The van der Waals surface area contributed by atoms with Gasteiger partial charge in [-0.1, -0.05) is 44.6 Å². The number of rotatable bonds is 9. The summed E-state index contributed by atoms with van der Waals surface area (Å²) in [6.45, 7) is 9.06. The minimum Gasteiger partial charge on any atom is -0.371 e. The van der Waals surface area contributed by atoms with Crippen molar-refractivity contribution in [1.82, 2.24) is 15.1 Å². The van der Waals surface area contributed by atoms with Crippen molar-refractivity contribution < 1.29 is 13.9 Å². The molecule has 0 radical (unpaired) electrons. The zero-order chi connectivity index (χ0) is 25.7. The van der Waals surface area contributed by atoms with E-state index in [2.05, 4.69) is 31.0 Å². The summed E-state index contributed by atoms with van der Waals surface area (Å²) in [5.41, 5.74) is 0.888. The van der Waals surface area contributed by atoms with E-state index >= 15 is 4.39 Å². The Morgan fingerprint density at radius 3 is 2.67 bits per heavy atom. The summed E-state index contributed by atoms with van der Waals surface area (Å²) < 4.78 is 21.3. The van der Waals surface area contributed by atoms with Crippen LogP contribution in [0.3, 0.4) is 0 Å². The molecule has 0 spiro atoms. The number of unbranched alkanes of at least 4 members (excludes halogenated alkanes) is 1. The van der Waals surface area contributed by atoms with Crippen LogP contribution >= 0.6 is 0 Å². The highest BCUT2D eigenvalue weighted by Crippen LogP contribution is 2.29. The molecule has 5 nitrogen and oxygen atoms in total. The summed E-state index contributed by atoms with van der Waals surface area (Å²) in [4.78, 5) is 16.9. The van der Waals surface area contributed by atoms with Crippen molar-refractivity contribution >= 4 is 5.91 Å². The van der Waals surface area contributed by atoms with E-state index in [9.17, 15) is 4.79 Å². The van der Waals surface area contributed by atoms with E-state index in [-0.39, 0.29) is 17.6 Å². The fraction of sp³-hybridized carbons (Fsp3) is 0.700. The average molecular weight is 500 g/mol. The lowest BCUT2D eigenvalue weighted by atomic mass is 9.87. The Morgan fingerprint density at radius 1 is 1.22 bits per heavy atom. The lowest BCUT2D eigenvalue weighted by Gasteiger charge is -2.33. The molecule has 4 unspecified atom stereocenters. The van der Waals surface area contributed by atoms with Crippen LogP contribution in [0.15, 0.2) is 47.7 Å². The molecule has 1 saturated heterocycles. The lowest BCUT2D eigenvalue weighted by molar-refractivity contribution is -0.123. The number of alkyl halides is 1. The number of hydrogen-bond donors (Lipinski definition) is 1. The van der Waals surface area contributed by atoms with E-state index < -0.39 is 6.17 Å². The summed E-state index contributed by atoms with van der Waals surface area (Å²) in [7, 11) is 1.73. The number of carbonyl (C=O) groups is 1. The van der Waals surface area contributed by atoms with Gasteiger partial charge in [-0.15, -0.1) is 0 Å². The molecule has 6 heteroatoms. The smallest absolute Gasteiger partial charge is 0.257 e. The van der Waals surface area contributed by atoms with Gasteiger partial charge in [-0.3, -0.25) is 9.69 Å². The molecule has 4 aliphatic rings. The highest BCUT2D eigenvalue weighted by atomic mass is 19.1. The van der Waals surface area contributed by atoms with Gasteiger partial charge in [0.15, 0.2) is 0 Å². The topological polar surface area (TPSA) is 44.8 Å². The third-order valence-corrected chi connectivity index (χ3v) is 8.46. The van der Waals surface area contributed by atoms with Crippen LogP contribution in [0, 0.1) is 5.92 Å². The molecule has 1 saturated carbocycles. The van der Waals surface area contributed by atoms with Gasteiger partial charge < -0.3 is 15.0 Å². The molecular weight excluding hydrogens is 453 g/mol. The van der Waals surface area contributed by atoms with Crippen LogP contribution in [0.25, 0.3) is 0 Å². The number of likely N-dealkylation sites (tertiary alicyclic amines) is 1. The summed E-state index contributed by atoms with van der Waals surface area (Å²) in [6.07, 6.45) is 19.1. The molecule has 0 aromatic heterocycles. The van der Waals surface area contributed by atoms with Gasteiger partial charge in [0.25, 0.3) is 5.91 Å². The number of allylic oxidation sites excluding steroid dienone is 1. The van der Waals surface area contributed by atoms with E-state index in [1.54, 1.807) is 18.0 Å². The molecule has 1 amide bonds. The zero-order valence-corrected chi connectivity index (χ0v) is 22.7. The second-order valence-electron chi connectivity index (χ2n) is 11.6. The highest BCUT2D eigenvalue weighted by molar-refractivity contribution is 5.97. The third-order valence-electron chi connectivity index (χ3n) is 8.46. The molecule has 1 N–H and O–H groups in total. The first-order valence-electron chi connectivity index (χ1n) is 14.1. The van der Waals surface area contributed by atoms with Crippen LogP contribution < -0.4 is 5.32 Å². The maximum absolute atomic E-state index is 15.3. The maximum atomic E-state index is 15.3. The predicted molar refractivity (Wildman–Crippen MR) is 144 cm³/mol. The number of nitrogens with zero attached hydrogens (tertiary/aromatic N) is 2. The first-order chi connectivity index (χ1) is 17.3. The number of nitrogens with one attached hydrogen (secondary N) is 1. The number of likely N-dealkylation sites (N-methyl/N-ethyl adjacent to an activating group) is 1. The number of amides is 1. The Balaban J connectivity index is 1.27. The van der Waals surface area contributed by atoms with Crippen molar-refractivity contribution in [3.63, 3.8) is 0 Å². The standard InChI is InChI=1S/C30H46FN3O2/c1-5-6-19-36-30(3)16-13-23(14-17-30)29(35)33(4)26-11-12-28(27(31)20-26)34-18-15-25(21-34)32-24-9-7-22(2)8-10-24/h11-14,16,20,22,24-25,27-28,32H,5-10,15,17-19,21H2,1-4H3. The zero-order valence-electron chi connectivity index (χ0n) is 22.7. The van der Waals surface area contributed by atoms with E-state index in [1.165, 1.54) is 25.7 Å². The van der Waals surface area contributed by atoms with E-state index in [0.717, 1.165) is 44.9 Å². The van der Waals surface area contributed by atoms with Crippen molar-refractivity contribution in [2.75, 3.05) is 26.7 Å². The largest absolute Gasteiger partial charge is 0.371 e. The molecule has 36 heavy (non-hydrogen) atoms. The van der Waals surface area contributed by atoms with Crippen LogP contribution in [-0.2, 0) is 9.53 Å². The van der Waals surface area contributed by atoms with Gasteiger partial charge in [-0.25, -0.2) is 4.39 Å². The molecule has 4 rings (SSSR count). The molecule has 1 aliphatic heterocycles. The van der Waals surface area contributed by atoms with Crippen LogP contribution in [0.5, 0.6) is 0 Å². The molecule has 200 valence electrons. The number of ether oxygens (including phenoxy) is 1. The summed E-state index contributed by atoms with van der Waals surface area (Å²) >= 11 is 0. The summed E-state index contributed by atoms with van der Waals surface area (Å²) in [6, 6.07) is 0.801. The monoisotopic (exact) mass is 499 g/mol. The van der Waals surface area contributed by atoms with Gasteiger partial charge in [0.1, 0.15) is 6.17 Å². The second kappa shape index (κ2) is 12.2. The molecular formula is C30H46FN3O2. The van der Waals surface area contributed by atoms with Crippen LogP contribution in [0.4, 0.5) is 4.39 Å². The van der Waals surface area contributed by atoms with Gasteiger partial charge in [-0.2, -0.15) is 0 Å². The first-order valence-corrected chi connectivity index (χ1v) is 14.1. The Hall–Kier alpha value is -1.76. The predicted octanol–water partition coefficient (Wildman–Crippen LogP) is 5.31. The van der Waals surface area contributed by atoms with Crippen molar-refractivity contribution in [3.05, 3.63) is 47.7 Å². The average Bonchev–Trinajstić information content (AvgIpc) is 3.33. The SMILES string of the molecule is CCCCOC1(C)C=CC(C(=O)N(C)C2=CC(F)C(N3CCC(NC4CCC(C)CC4)C3)C=C2)=CC1. The number of hydrogen-bond acceptors (Lipinski definition) is 4. The summed E-state index contributed by atoms with van der Waals surface area (Å²) in [5.74, 6) is 0.736. The first kappa shape index (κ1) is 27.3. The second-order valence-corrected chi connectivity index (χ2v) is 11.6. The van der Waals surface area contributed by atoms with Crippen molar-refractivity contribution in [1.29, 1.82) is 0 Å². The Labute approximate surface area is 217 Å². The normalized spacial score (nSPS) is 35.0. The van der Waals surface area contributed by atoms with Gasteiger partial charge in [0.05, 0.1) is 11.6 Å². The molecule has 0 bridgehead atoms. The number of carbonyl (C=O) groups excluding carboxylic acids is 1. The lowest BCUT2D eigenvalue weighted by Crippen LogP contribution is -2.45. The molecule has 0 aromatic rings. The third kappa shape index (κ3) is 6.76. The fourth-order valence-corrected chi connectivity index (χ4v) is 5.86. The van der Waals surface area contributed by atoms with Crippen LogP contribution in [0.1, 0.15) is 72.1 Å². The van der Waals surface area contributed by atoms with Gasteiger partial charge in [0, 0.05) is 50.1 Å².